The van der Waals surface area contributed by atoms with Crippen LogP contribution in [0.5, 0.6) is 0 Å². The minimum atomic E-state index is -0.326. The van der Waals surface area contributed by atoms with E-state index in [2.05, 4.69) is 12.1 Å². The minimum absolute atomic E-state index is 0.00258. The number of rotatable bonds is 5. The molecule has 1 fully saturated rings. The molecule has 0 heterocycles. The fourth-order valence-electron chi connectivity index (χ4n) is 2.90. The van der Waals surface area contributed by atoms with Crippen molar-refractivity contribution in [3.8, 4) is 12.1 Å². The lowest BCUT2D eigenvalue weighted by Crippen LogP contribution is -2.22. The first-order valence-electron chi connectivity index (χ1n) is 7.15. The van der Waals surface area contributed by atoms with Crippen molar-refractivity contribution in [2.45, 2.75) is 37.5 Å². The van der Waals surface area contributed by atoms with Crippen LogP contribution < -0.4 is 0 Å². The molecule has 0 spiro atoms. The van der Waals surface area contributed by atoms with Gasteiger partial charge >= 0.3 is 0 Å². The summed E-state index contributed by atoms with van der Waals surface area (Å²) in [5.74, 6) is 0.278. The maximum Gasteiger partial charge on any atom is 0.0724 e. The number of nitriles is 2. The summed E-state index contributed by atoms with van der Waals surface area (Å²) in [5, 5.41) is 19.2. The Hall–Kier alpha value is -0.670. The van der Waals surface area contributed by atoms with Crippen molar-refractivity contribution in [1.29, 1.82) is 10.5 Å². The maximum atomic E-state index is 9.37. The Bertz CT molecular complexity index is 535. The zero-order chi connectivity index (χ0) is 15.5. The Morgan fingerprint density at radius 3 is 2.62 bits per heavy atom. The molecule has 0 aromatic carbocycles. The molecule has 3 atom stereocenters. The molecule has 0 radical (unpaired) electrons. The third kappa shape index (κ3) is 3.57. The van der Waals surface area contributed by atoms with Crippen LogP contribution in [0.1, 0.15) is 32.1 Å². The Balaban J connectivity index is 2.22. The quantitative estimate of drug-likeness (QED) is 0.650. The summed E-state index contributed by atoms with van der Waals surface area (Å²) in [7, 11) is 0. The van der Waals surface area contributed by atoms with Gasteiger partial charge in [-0.05, 0) is 31.3 Å². The second kappa shape index (κ2) is 7.06. The van der Waals surface area contributed by atoms with E-state index in [4.69, 9.17) is 34.8 Å². The summed E-state index contributed by atoms with van der Waals surface area (Å²) >= 11 is 18.6. The van der Waals surface area contributed by atoms with E-state index in [9.17, 15) is 10.5 Å². The summed E-state index contributed by atoms with van der Waals surface area (Å²) < 4.78 is 0. The van der Waals surface area contributed by atoms with E-state index >= 15 is 0 Å². The van der Waals surface area contributed by atoms with Gasteiger partial charge in [-0.25, -0.2) is 0 Å². The highest BCUT2D eigenvalue weighted by atomic mass is 35.5. The van der Waals surface area contributed by atoms with Crippen LogP contribution >= 0.6 is 34.8 Å². The fraction of sp³-hybridized carbons (Fsp3) is 0.625. The zero-order valence-electron chi connectivity index (χ0n) is 11.7. The standard InChI is InChI=1S/C16H17Cl3N2/c17-7-1-2-11(9-20)12-3-4-13(15(19)8-14(12)18)16(10-21)5-6-16/h3-4,11,13,15H,1-2,5-8H2. The number of hydrogen-bond donors (Lipinski definition) is 0. The molecule has 2 rings (SSSR count). The van der Waals surface area contributed by atoms with Crippen LogP contribution in [0.3, 0.4) is 0 Å². The predicted molar refractivity (Wildman–Crippen MR) is 86.1 cm³/mol. The topological polar surface area (TPSA) is 47.6 Å². The molecule has 0 aliphatic heterocycles. The normalized spacial score (nSPS) is 28.4. The molecule has 2 nitrogen and oxygen atoms in total. The Kier molecular flexibility index (Phi) is 5.61. The summed E-state index contributed by atoms with van der Waals surface area (Å²) in [4.78, 5) is 0. The lowest BCUT2D eigenvalue weighted by atomic mass is 9.86. The molecule has 1 saturated carbocycles. The van der Waals surface area contributed by atoms with Crippen molar-refractivity contribution >= 4 is 34.8 Å². The lowest BCUT2D eigenvalue weighted by Gasteiger charge is -2.21. The first-order valence-corrected chi connectivity index (χ1v) is 8.50. The lowest BCUT2D eigenvalue weighted by molar-refractivity contribution is 0.447. The molecule has 0 aromatic rings. The van der Waals surface area contributed by atoms with Gasteiger partial charge in [-0.1, -0.05) is 23.8 Å². The van der Waals surface area contributed by atoms with Crippen LogP contribution in [-0.2, 0) is 0 Å². The summed E-state index contributed by atoms with van der Waals surface area (Å²) in [6.07, 6.45) is 7.66. The second-order valence-electron chi connectivity index (χ2n) is 5.75. The first-order chi connectivity index (χ1) is 10.1. The van der Waals surface area contributed by atoms with Gasteiger partial charge in [-0.15, -0.1) is 23.2 Å². The van der Waals surface area contributed by atoms with E-state index in [-0.39, 0.29) is 22.6 Å². The van der Waals surface area contributed by atoms with Gasteiger partial charge in [-0.3, -0.25) is 0 Å². The number of allylic oxidation sites excluding steroid dienone is 4. The third-order valence-electron chi connectivity index (χ3n) is 4.37. The number of halogens is 3. The Labute approximate surface area is 141 Å². The van der Waals surface area contributed by atoms with Gasteiger partial charge in [0.1, 0.15) is 0 Å². The van der Waals surface area contributed by atoms with Crippen molar-refractivity contribution < 1.29 is 0 Å². The molecule has 2 aliphatic carbocycles. The van der Waals surface area contributed by atoms with Crippen LogP contribution in [-0.4, -0.2) is 11.3 Å². The Morgan fingerprint density at radius 2 is 2.10 bits per heavy atom. The Morgan fingerprint density at radius 1 is 1.38 bits per heavy atom. The zero-order valence-corrected chi connectivity index (χ0v) is 13.9. The van der Waals surface area contributed by atoms with Gasteiger partial charge in [0.25, 0.3) is 0 Å². The first kappa shape index (κ1) is 16.7. The van der Waals surface area contributed by atoms with E-state index in [1.165, 1.54) is 0 Å². The molecule has 0 amide bonds. The molecular formula is C16H17Cl3N2. The van der Waals surface area contributed by atoms with Crippen molar-refractivity contribution in [1.82, 2.24) is 0 Å². The van der Waals surface area contributed by atoms with E-state index < -0.39 is 0 Å². The largest absolute Gasteiger partial charge is 0.198 e. The average Bonchev–Trinajstić information content (AvgIpc) is 3.26. The molecule has 2 aliphatic rings. The van der Waals surface area contributed by atoms with Gasteiger partial charge in [0, 0.05) is 28.6 Å². The van der Waals surface area contributed by atoms with Gasteiger partial charge in [-0.2, -0.15) is 10.5 Å². The van der Waals surface area contributed by atoms with Crippen molar-refractivity contribution in [3.63, 3.8) is 0 Å². The molecule has 3 unspecified atom stereocenters. The molecule has 0 N–H and O–H groups in total. The van der Waals surface area contributed by atoms with Gasteiger partial charge in [0.15, 0.2) is 0 Å². The summed E-state index contributed by atoms with van der Waals surface area (Å²) in [6.45, 7) is 0. The summed E-state index contributed by atoms with van der Waals surface area (Å²) in [6, 6.07) is 4.71. The molecule has 0 aromatic heterocycles. The van der Waals surface area contributed by atoms with E-state index in [1.807, 2.05) is 12.2 Å². The SMILES string of the molecule is N#CC(CCCCl)C1=C(Cl)CC(Cl)C(C2(C#N)CC2)C=C1. The third-order valence-corrected chi connectivity index (χ3v) is 5.43. The molecule has 0 bridgehead atoms. The average molecular weight is 344 g/mol. The van der Waals surface area contributed by atoms with E-state index in [0.29, 0.717) is 23.8 Å². The van der Waals surface area contributed by atoms with Gasteiger partial charge < -0.3 is 0 Å². The smallest absolute Gasteiger partial charge is 0.0724 e. The van der Waals surface area contributed by atoms with Crippen molar-refractivity contribution in [2.24, 2.45) is 17.3 Å². The minimum Gasteiger partial charge on any atom is -0.198 e. The molecular weight excluding hydrogens is 327 g/mol. The predicted octanol–water partition coefficient (Wildman–Crippen LogP) is 5.13. The van der Waals surface area contributed by atoms with Gasteiger partial charge in [0.2, 0.25) is 0 Å². The fourth-order valence-corrected chi connectivity index (χ4v) is 3.97. The van der Waals surface area contributed by atoms with Crippen LogP contribution in [0, 0.1) is 39.9 Å². The highest BCUT2D eigenvalue weighted by Crippen LogP contribution is 2.55. The van der Waals surface area contributed by atoms with E-state index in [0.717, 1.165) is 24.8 Å². The van der Waals surface area contributed by atoms with Crippen LogP contribution in [0.4, 0.5) is 0 Å². The maximum absolute atomic E-state index is 9.37. The van der Waals surface area contributed by atoms with Crippen LogP contribution in [0.2, 0.25) is 0 Å². The number of hydrogen-bond acceptors (Lipinski definition) is 2. The molecule has 0 saturated heterocycles. The van der Waals surface area contributed by atoms with Crippen LogP contribution in [0.25, 0.3) is 0 Å². The van der Waals surface area contributed by atoms with Crippen molar-refractivity contribution in [2.75, 3.05) is 5.88 Å². The number of nitrogens with zero attached hydrogens (tertiary/aromatic N) is 2. The summed E-state index contributed by atoms with van der Waals surface area (Å²) in [5.41, 5.74) is 0.513. The molecule has 5 heteroatoms. The van der Waals surface area contributed by atoms with Crippen molar-refractivity contribution in [3.05, 3.63) is 22.8 Å². The second-order valence-corrected chi connectivity index (χ2v) is 7.14. The highest BCUT2D eigenvalue weighted by Gasteiger charge is 2.51. The van der Waals surface area contributed by atoms with E-state index in [1.54, 1.807) is 0 Å². The number of alkyl halides is 2. The molecule has 112 valence electrons. The monoisotopic (exact) mass is 342 g/mol. The molecule has 21 heavy (non-hydrogen) atoms. The van der Waals surface area contributed by atoms with Crippen LogP contribution in [0.15, 0.2) is 22.8 Å². The van der Waals surface area contributed by atoms with Gasteiger partial charge in [0.05, 0.1) is 23.5 Å². The highest BCUT2D eigenvalue weighted by molar-refractivity contribution is 6.31.